The number of carbonyl (C=O) groups is 1. The summed E-state index contributed by atoms with van der Waals surface area (Å²) in [6.07, 6.45) is 4.78. The van der Waals surface area contributed by atoms with Crippen LogP contribution in [-0.2, 0) is 6.54 Å². The summed E-state index contributed by atoms with van der Waals surface area (Å²) in [5.41, 5.74) is 0.447. The number of piperidine rings is 1. The Balaban J connectivity index is 1.66. The van der Waals surface area contributed by atoms with Crippen molar-refractivity contribution in [2.75, 3.05) is 18.0 Å². The van der Waals surface area contributed by atoms with Gasteiger partial charge in [0.15, 0.2) is 0 Å². The van der Waals surface area contributed by atoms with E-state index in [0.717, 1.165) is 43.9 Å². The van der Waals surface area contributed by atoms with Crippen LogP contribution >= 0.6 is 0 Å². The van der Waals surface area contributed by atoms with Crippen LogP contribution in [0.25, 0.3) is 0 Å². The maximum Gasteiger partial charge on any atom is 0.270 e. The van der Waals surface area contributed by atoms with E-state index < -0.39 is 17.5 Å². The van der Waals surface area contributed by atoms with Crippen molar-refractivity contribution in [1.82, 2.24) is 15.3 Å². The minimum atomic E-state index is -0.688. The summed E-state index contributed by atoms with van der Waals surface area (Å²) in [4.78, 5) is 22.5. The molecule has 1 fully saturated rings. The van der Waals surface area contributed by atoms with Gasteiger partial charge in [-0.1, -0.05) is 6.07 Å². The van der Waals surface area contributed by atoms with Gasteiger partial charge < -0.3 is 10.2 Å². The van der Waals surface area contributed by atoms with Crippen LogP contribution in [0.1, 0.15) is 35.3 Å². The molecule has 0 atom stereocenters. The van der Waals surface area contributed by atoms with Crippen LogP contribution in [0.15, 0.2) is 30.6 Å². The van der Waals surface area contributed by atoms with Gasteiger partial charge in [0.05, 0.1) is 0 Å². The molecular formula is C17H18F2N4O. The summed E-state index contributed by atoms with van der Waals surface area (Å²) in [6.45, 7) is 1.80. The lowest BCUT2D eigenvalue weighted by molar-refractivity contribution is 0.0945. The Labute approximate surface area is 138 Å². The zero-order chi connectivity index (χ0) is 16.9. The van der Waals surface area contributed by atoms with E-state index in [0.29, 0.717) is 0 Å². The van der Waals surface area contributed by atoms with Crippen molar-refractivity contribution in [1.29, 1.82) is 0 Å². The van der Waals surface area contributed by atoms with Crippen molar-refractivity contribution in [2.24, 2.45) is 0 Å². The number of benzene rings is 1. The minimum absolute atomic E-state index is 0.0337. The van der Waals surface area contributed by atoms with Crippen LogP contribution in [-0.4, -0.2) is 29.0 Å². The quantitative estimate of drug-likeness (QED) is 0.935. The van der Waals surface area contributed by atoms with E-state index in [-0.39, 0.29) is 17.8 Å². The van der Waals surface area contributed by atoms with E-state index in [1.807, 2.05) is 0 Å². The monoisotopic (exact) mass is 332 g/mol. The van der Waals surface area contributed by atoms with Crippen LogP contribution in [0.2, 0.25) is 0 Å². The lowest BCUT2D eigenvalue weighted by atomic mass is 10.1. The summed E-state index contributed by atoms with van der Waals surface area (Å²) in [7, 11) is 0. The lowest BCUT2D eigenvalue weighted by Gasteiger charge is -2.27. The van der Waals surface area contributed by atoms with Gasteiger partial charge in [-0.15, -0.1) is 0 Å². The zero-order valence-corrected chi connectivity index (χ0v) is 13.1. The first-order valence-electron chi connectivity index (χ1n) is 7.92. The molecule has 5 nitrogen and oxygen atoms in total. The van der Waals surface area contributed by atoms with Crippen molar-refractivity contribution in [3.8, 4) is 0 Å². The number of aromatic nitrogens is 2. The van der Waals surface area contributed by atoms with Gasteiger partial charge in [-0.25, -0.2) is 18.7 Å². The molecule has 126 valence electrons. The van der Waals surface area contributed by atoms with Crippen LogP contribution < -0.4 is 10.2 Å². The topological polar surface area (TPSA) is 58.1 Å². The number of amides is 1. The zero-order valence-electron chi connectivity index (χ0n) is 13.1. The van der Waals surface area contributed by atoms with Crippen molar-refractivity contribution >= 4 is 11.7 Å². The SMILES string of the molecule is O=C(NCc1ccc(F)cc1F)c1cc(N2CCCCC2)ncn1. The highest BCUT2D eigenvalue weighted by atomic mass is 19.1. The second kappa shape index (κ2) is 7.33. The van der Waals surface area contributed by atoms with Gasteiger partial charge in [0, 0.05) is 37.3 Å². The van der Waals surface area contributed by atoms with Gasteiger partial charge in [0.1, 0.15) is 29.5 Å². The Morgan fingerprint density at radius 3 is 2.67 bits per heavy atom. The Bertz CT molecular complexity index is 732. The molecule has 1 aliphatic heterocycles. The van der Waals surface area contributed by atoms with Gasteiger partial charge in [0.25, 0.3) is 5.91 Å². The molecule has 3 rings (SSSR count). The summed E-state index contributed by atoms with van der Waals surface area (Å²) in [5, 5.41) is 2.60. The Kier molecular flexibility index (Phi) is 4.98. The van der Waals surface area contributed by atoms with E-state index in [2.05, 4.69) is 20.2 Å². The fourth-order valence-electron chi connectivity index (χ4n) is 2.70. The second-order valence-corrected chi connectivity index (χ2v) is 5.73. The Hall–Kier alpha value is -2.57. The van der Waals surface area contributed by atoms with E-state index in [9.17, 15) is 13.6 Å². The number of nitrogens with zero attached hydrogens (tertiary/aromatic N) is 3. The highest BCUT2D eigenvalue weighted by Gasteiger charge is 2.15. The van der Waals surface area contributed by atoms with Crippen molar-refractivity contribution in [3.05, 3.63) is 53.5 Å². The number of hydrogen-bond donors (Lipinski definition) is 1. The van der Waals surface area contributed by atoms with Crippen molar-refractivity contribution < 1.29 is 13.6 Å². The molecule has 0 unspecified atom stereocenters. The molecule has 1 N–H and O–H groups in total. The maximum atomic E-state index is 13.6. The molecule has 1 aromatic carbocycles. The molecule has 7 heteroatoms. The number of anilines is 1. The lowest BCUT2D eigenvalue weighted by Crippen LogP contribution is -2.31. The van der Waals surface area contributed by atoms with Crippen LogP contribution in [0.4, 0.5) is 14.6 Å². The van der Waals surface area contributed by atoms with Crippen LogP contribution in [0, 0.1) is 11.6 Å². The summed E-state index contributed by atoms with van der Waals surface area (Å²) in [6, 6.07) is 4.90. The largest absolute Gasteiger partial charge is 0.357 e. The fraction of sp³-hybridized carbons (Fsp3) is 0.353. The molecular weight excluding hydrogens is 314 g/mol. The van der Waals surface area contributed by atoms with Crippen molar-refractivity contribution in [3.63, 3.8) is 0 Å². The molecule has 1 amide bonds. The molecule has 1 aromatic heterocycles. The van der Waals surface area contributed by atoms with Gasteiger partial charge in [0.2, 0.25) is 0 Å². The van der Waals surface area contributed by atoms with Crippen LogP contribution in [0.5, 0.6) is 0 Å². The molecule has 0 bridgehead atoms. The third-order valence-corrected chi connectivity index (χ3v) is 4.02. The Morgan fingerprint density at radius 1 is 1.12 bits per heavy atom. The third-order valence-electron chi connectivity index (χ3n) is 4.02. The summed E-state index contributed by atoms with van der Waals surface area (Å²) >= 11 is 0. The third kappa shape index (κ3) is 3.84. The molecule has 0 radical (unpaired) electrons. The summed E-state index contributed by atoms with van der Waals surface area (Å²) < 4.78 is 26.5. The second-order valence-electron chi connectivity index (χ2n) is 5.73. The normalized spacial score (nSPS) is 14.5. The number of hydrogen-bond acceptors (Lipinski definition) is 4. The molecule has 2 aromatic rings. The summed E-state index contributed by atoms with van der Waals surface area (Å²) in [5.74, 6) is -1.03. The predicted molar refractivity (Wildman–Crippen MR) is 85.6 cm³/mol. The van der Waals surface area contributed by atoms with Gasteiger partial charge >= 0.3 is 0 Å². The average molecular weight is 332 g/mol. The minimum Gasteiger partial charge on any atom is -0.357 e. The van der Waals surface area contributed by atoms with Gasteiger partial charge in [-0.3, -0.25) is 4.79 Å². The molecule has 1 aliphatic rings. The first kappa shape index (κ1) is 16.3. The highest BCUT2D eigenvalue weighted by molar-refractivity contribution is 5.92. The fourth-order valence-corrected chi connectivity index (χ4v) is 2.70. The van der Waals surface area contributed by atoms with E-state index in [4.69, 9.17) is 0 Å². The predicted octanol–water partition coefficient (Wildman–Crippen LogP) is 2.68. The standard InChI is InChI=1S/C17H18F2N4O/c18-13-5-4-12(14(19)8-13)10-20-17(24)15-9-16(22-11-21-15)23-6-2-1-3-7-23/h4-5,8-9,11H,1-3,6-7,10H2,(H,20,24). The van der Waals surface area contributed by atoms with E-state index in [1.165, 1.54) is 18.8 Å². The average Bonchev–Trinajstić information content (AvgIpc) is 2.61. The number of carbonyl (C=O) groups excluding carboxylic acids is 1. The van der Waals surface area contributed by atoms with E-state index >= 15 is 0 Å². The van der Waals surface area contributed by atoms with E-state index in [1.54, 1.807) is 6.07 Å². The Morgan fingerprint density at radius 2 is 1.92 bits per heavy atom. The molecule has 24 heavy (non-hydrogen) atoms. The van der Waals surface area contributed by atoms with Crippen molar-refractivity contribution in [2.45, 2.75) is 25.8 Å². The highest BCUT2D eigenvalue weighted by Crippen LogP contribution is 2.17. The number of halogens is 2. The van der Waals surface area contributed by atoms with Crippen LogP contribution in [0.3, 0.4) is 0 Å². The molecule has 0 spiro atoms. The van der Waals surface area contributed by atoms with Gasteiger partial charge in [-0.05, 0) is 25.3 Å². The van der Waals surface area contributed by atoms with Gasteiger partial charge in [-0.2, -0.15) is 0 Å². The smallest absolute Gasteiger partial charge is 0.270 e. The first-order valence-corrected chi connectivity index (χ1v) is 7.92. The first-order chi connectivity index (χ1) is 11.6. The number of rotatable bonds is 4. The molecule has 1 saturated heterocycles. The molecule has 0 aliphatic carbocycles. The molecule has 0 saturated carbocycles. The maximum absolute atomic E-state index is 13.6. The molecule has 2 heterocycles. The number of nitrogens with one attached hydrogen (secondary N) is 1.